The lowest BCUT2D eigenvalue weighted by Crippen LogP contribution is -2.37. The van der Waals surface area contributed by atoms with Gasteiger partial charge in [0.15, 0.2) is 0 Å². The van der Waals surface area contributed by atoms with E-state index in [0.717, 1.165) is 45.3 Å². The van der Waals surface area contributed by atoms with Crippen LogP contribution in [0.25, 0.3) is 0 Å². The second kappa shape index (κ2) is 8.02. The second-order valence-electron chi connectivity index (χ2n) is 5.27. The number of hydrogen-bond acceptors (Lipinski definition) is 4. The van der Waals surface area contributed by atoms with Crippen molar-refractivity contribution in [3.63, 3.8) is 0 Å². The standard InChI is InChI=1S/C16H23NO3/c1-19-20-16(18)15-9-12-17(13-10-15)11-5-8-14-6-3-2-4-7-14/h2-4,6-7,15H,5,8-13H2,1H3. The Morgan fingerprint density at radius 1 is 1.25 bits per heavy atom. The fourth-order valence-corrected chi connectivity index (χ4v) is 2.69. The summed E-state index contributed by atoms with van der Waals surface area (Å²) in [5.41, 5.74) is 1.39. The molecule has 0 radical (unpaired) electrons. The van der Waals surface area contributed by atoms with Crippen LogP contribution in [-0.4, -0.2) is 37.6 Å². The molecule has 1 heterocycles. The van der Waals surface area contributed by atoms with Crippen LogP contribution < -0.4 is 0 Å². The molecule has 1 aromatic carbocycles. The zero-order valence-corrected chi connectivity index (χ0v) is 12.1. The van der Waals surface area contributed by atoms with Crippen molar-refractivity contribution in [1.82, 2.24) is 4.90 Å². The molecule has 0 aliphatic carbocycles. The quantitative estimate of drug-likeness (QED) is 0.591. The Hall–Kier alpha value is -1.39. The van der Waals surface area contributed by atoms with E-state index in [1.807, 2.05) is 6.07 Å². The topological polar surface area (TPSA) is 38.8 Å². The minimum Gasteiger partial charge on any atom is -0.303 e. The molecule has 110 valence electrons. The molecule has 0 amide bonds. The number of carbonyl (C=O) groups excluding carboxylic acids is 1. The minimum absolute atomic E-state index is 0.000299. The van der Waals surface area contributed by atoms with Crippen LogP contribution >= 0.6 is 0 Å². The van der Waals surface area contributed by atoms with Crippen LogP contribution in [0.1, 0.15) is 24.8 Å². The molecule has 1 aromatic rings. The lowest BCUT2D eigenvalue weighted by Gasteiger charge is -2.30. The summed E-state index contributed by atoms with van der Waals surface area (Å²) < 4.78 is 0. The van der Waals surface area contributed by atoms with Crippen LogP contribution in [0, 0.1) is 5.92 Å². The zero-order valence-electron chi connectivity index (χ0n) is 12.1. The molecular weight excluding hydrogens is 254 g/mol. The van der Waals surface area contributed by atoms with Gasteiger partial charge in [0.2, 0.25) is 0 Å². The first-order valence-electron chi connectivity index (χ1n) is 7.30. The van der Waals surface area contributed by atoms with Gasteiger partial charge in [-0.25, -0.2) is 4.79 Å². The first-order chi connectivity index (χ1) is 9.79. The van der Waals surface area contributed by atoms with Crippen molar-refractivity contribution < 1.29 is 14.6 Å². The van der Waals surface area contributed by atoms with E-state index in [9.17, 15) is 4.79 Å². The smallest absolute Gasteiger partial charge is 0.303 e. The van der Waals surface area contributed by atoms with Crippen molar-refractivity contribution in [2.45, 2.75) is 25.7 Å². The highest BCUT2D eigenvalue weighted by molar-refractivity contribution is 5.71. The van der Waals surface area contributed by atoms with Crippen LogP contribution in [0.3, 0.4) is 0 Å². The first kappa shape index (κ1) is 15.0. The average Bonchev–Trinajstić information content (AvgIpc) is 2.49. The molecule has 1 aliphatic heterocycles. The highest BCUT2D eigenvalue weighted by Gasteiger charge is 2.26. The lowest BCUT2D eigenvalue weighted by molar-refractivity contribution is -0.260. The summed E-state index contributed by atoms with van der Waals surface area (Å²) in [4.78, 5) is 23.0. The van der Waals surface area contributed by atoms with E-state index in [4.69, 9.17) is 0 Å². The predicted octanol–water partition coefficient (Wildman–Crippen LogP) is 2.44. The first-order valence-corrected chi connectivity index (χ1v) is 7.30. The molecule has 0 bridgehead atoms. The van der Waals surface area contributed by atoms with E-state index in [1.165, 1.54) is 12.7 Å². The van der Waals surface area contributed by atoms with Crippen molar-refractivity contribution in [2.24, 2.45) is 5.92 Å². The number of aryl methyl sites for hydroxylation is 1. The number of likely N-dealkylation sites (tertiary alicyclic amines) is 1. The minimum atomic E-state index is -0.226. The van der Waals surface area contributed by atoms with Gasteiger partial charge in [-0.2, -0.15) is 4.89 Å². The molecule has 2 rings (SSSR count). The molecule has 0 atom stereocenters. The van der Waals surface area contributed by atoms with Gasteiger partial charge in [-0.15, -0.1) is 0 Å². The molecule has 1 fully saturated rings. The van der Waals surface area contributed by atoms with E-state index in [2.05, 4.69) is 38.9 Å². The Morgan fingerprint density at radius 3 is 2.60 bits per heavy atom. The van der Waals surface area contributed by atoms with Gasteiger partial charge in [0.1, 0.15) is 0 Å². The Labute approximate surface area is 120 Å². The molecule has 1 saturated heterocycles. The summed E-state index contributed by atoms with van der Waals surface area (Å²) in [5.74, 6) is -0.225. The van der Waals surface area contributed by atoms with Gasteiger partial charge in [-0.1, -0.05) is 30.3 Å². The maximum Gasteiger partial charge on any atom is 0.345 e. The summed E-state index contributed by atoms with van der Waals surface area (Å²) in [5, 5.41) is 0. The number of hydrogen-bond donors (Lipinski definition) is 0. The molecule has 0 aromatic heterocycles. The molecule has 4 nitrogen and oxygen atoms in total. The van der Waals surface area contributed by atoms with Gasteiger partial charge >= 0.3 is 5.97 Å². The maximum atomic E-state index is 11.5. The molecule has 4 heteroatoms. The van der Waals surface area contributed by atoms with Crippen molar-refractivity contribution in [2.75, 3.05) is 26.7 Å². The van der Waals surface area contributed by atoms with E-state index < -0.39 is 0 Å². The average molecular weight is 277 g/mol. The molecule has 0 unspecified atom stereocenters. The Morgan fingerprint density at radius 2 is 1.95 bits per heavy atom. The number of benzene rings is 1. The molecule has 0 N–H and O–H groups in total. The van der Waals surface area contributed by atoms with Crippen molar-refractivity contribution in [3.05, 3.63) is 35.9 Å². The third-order valence-electron chi connectivity index (χ3n) is 3.87. The highest BCUT2D eigenvalue weighted by Crippen LogP contribution is 2.19. The molecule has 0 saturated carbocycles. The van der Waals surface area contributed by atoms with Gasteiger partial charge < -0.3 is 4.90 Å². The lowest BCUT2D eigenvalue weighted by atomic mass is 9.97. The van der Waals surface area contributed by atoms with E-state index in [1.54, 1.807) is 0 Å². The maximum absolute atomic E-state index is 11.5. The predicted molar refractivity (Wildman–Crippen MR) is 77.0 cm³/mol. The van der Waals surface area contributed by atoms with Gasteiger partial charge in [0, 0.05) is 0 Å². The van der Waals surface area contributed by atoms with Gasteiger partial charge in [-0.3, -0.25) is 4.89 Å². The largest absolute Gasteiger partial charge is 0.345 e. The fraction of sp³-hybridized carbons (Fsp3) is 0.562. The summed E-state index contributed by atoms with van der Waals surface area (Å²) in [6.07, 6.45) is 4.02. The Balaban J connectivity index is 1.63. The van der Waals surface area contributed by atoms with E-state index in [-0.39, 0.29) is 11.9 Å². The van der Waals surface area contributed by atoms with Crippen molar-refractivity contribution >= 4 is 5.97 Å². The second-order valence-corrected chi connectivity index (χ2v) is 5.27. The van der Waals surface area contributed by atoms with E-state index >= 15 is 0 Å². The van der Waals surface area contributed by atoms with Crippen LogP contribution in [0.15, 0.2) is 30.3 Å². The Kier molecular flexibility index (Phi) is 6.02. The van der Waals surface area contributed by atoms with Crippen LogP contribution in [-0.2, 0) is 21.0 Å². The van der Waals surface area contributed by atoms with Gasteiger partial charge in [-0.05, 0) is 50.9 Å². The summed E-state index contributed by atoms with van der Waals surface area (Å²) in [6, 6.07) is 10.6. The number of rotatable bonds is 6. The van der Waals surface area contributed by atoms with Gasteiger partial charge in [0.05, 0.1) is 13.0 Å². The van der Waals surface area contributed by atoms with E-state index in [0.29, 0.717) is 0 Å². The van der Waals surface area contributed by atoms with Crippen molar-refractivity contribution in [3.8, 4) is 0 Å². The Bertz CT molecular complexity index is 399. The van der Waals surface area contributed by atoms with Crippen molar-refractivity contribution in [1.29, 1.82) is 0 Å². The normalized spacial score (nSPS) is 17.1. The highest BCUT2D eigenvalue weighted by atomic mass is 17.2. The number of carbonyl (C=O) groups is 1. The van der Waals surface area contributed by atoms with Crippen LogP contribution in [0.2, 0.25) is 0 Å². The fourth-order valence-electron chi connectivity index (χ4n) is 2.69. The molecule has 20 heavy (non-hydrogen) atoms. The third kappa shape index (κ3) is 4.62. The van der Waals surface area contributed by atoms with Crippen LogP contribution in [0.5, 0.6) is 0 Å². The van der Waals surface area contributed by atoms with Gasteiger partial charge in [0.25, 0.3) is 0 Å². The summed E-state index contributed by atoms with van der Waals surface area (Å²) in [6.45, 7) is 3.04. The molecule has 1 aliphatic rings. The number of nitrogens with zero attached hydrogens (tertiary/aromatic N) is 1. The third-order valence-corrected chi connectivity index (χ3v) is 3.87. The SMILES string of the molecule is COOC(=O)C1CCN(CCCc2ccccc2)CC1. The summed E-state index contributed by atoms with van der Waals surface area (Å²) in [7, 11) is 1.37. The molecule has 0 spiro atoms. The molecular formula is C16H23NO3. The zero-order chi connectivity index (χ0) is 14.2. The monoisotopic (exact) mass is 277 g/mol. The summed E-state index contributed by atoms with van der Waals surface area (Å²) >= 11 is 0. The number of piperidine rings is 1. The van der Waals surface area contributed by atoms with Crippen LogP contribution in [0.4, 0.5) is 0 Å².